The fraction of sp³-hybridized carbons (Fsp3) is 0.267. The summed E-state index contributed by atoms with van der Waals surface area (Å²) >= 11 is 1.72. The third-order valence-corrected chi connectivity index (χ3v) is 4.42. The zero-order chi connectivity index (χ0) is 14.1. The molecule has 1 N–H and O–H groups in total. The van der Waals surface area contributed by atoms with Crippen LogP contribution in [0.4, 0.5) is 5.82 Å². The monoisotopic (exact) mass is 284 g/mol. The molecule has 3 aromatic heterocycles. The number of nitrogens with one attached hydrogen (secondary N) is 1. The van der Waals surface area contributed by atoms with Gasteiger partial charge in [-0.25, -0.2) is 9.97 Å². The first-order valence-corrected chi connectivity index (χ1v) is 7.44. The quantitative estimate of drug-likeness (QED) is 0.797. The number of hydrogen-bond acceptors (Lipinski definition) is 5. The van der Waals surface area contributed by atoms with Crippen LogP contribution in [-0.4, -0.2) is 22.0 Å². The minimum absolute atomic E-state index is 0.685. The zero-order valence-electron chi connectivity index (χ0n) is 11.8. The summed E-state index contributed by atoms with van der Waals surface area (Å²) in [4.78, 5) is 16.1. The third-order valence-electron chi connectivity index (χ3n) is 3.25. The molecular formula is C15H16N4S. The van der Waals surface area contributed by atoms with Gasteiger partial charge in [0.1, 0.15) is 16.3 Å². The number of rotatable bonds is 3. The molecule has 0 fully saturated rings. The van der Waals surface area contributed by atoms with E-state index in [1.165, 1.54) is 4.88 Å². The van der Waals surface area contributed by atoms with Crippen molar-refractivity contribution in [2.75, 3.05) is 12.4 Å². The van der Waals surface area contributed by atoms with Gasteiger partial charge in [-0.2, -0.15) is 0 Å². The average Bonchev–Trinajstić information content (AvgIpc) is 2.89. The van der Waals surface area contributed by atoms with Gasteiger partial charge in [-0.15, -0.1) is 11.3 Å². The molecule has 0 aliphatic heterocycles. The van der Waals surface area contributed by atoms with E-state index in [1.807, 2.05) is 26.1 Å². The van der Waals surface area contributed by atoms with Gasteiger partial charge in [-0.05, 0) is 31.0 Å². The van der Waals surface area contributed by atoms with E-state index in [4.69, 9.17) is 0 Å². The molecule has 0 saturated carbocycles. The van der Waals surface area contributed by atoms with Gasteiger partial charge < -0.3 is 5.32 Å². The number of hydrogen-bond donors (Lipinski definition) is 1. The SMILES string of the molecule is CCc1cc2c(NC)nc(-c3ncccc3C)nc2s1. The van der Waals surface area contributed by atoms with E-state index >= 15 is 0 Å². The highest BCUT2D eigenvalue weighted by Crippen LogP contribution is 2.31. The van der Waals surface area contributed by atoms with E-state index < -0.39 is 0 Å². The lowest BCUT2D eigenvalue weighted by atomic mass is 10.2. The number of aromatic nitrogens is 3. The first-order chi connectivity index (χ1) is 9.72. The highest BCUT2D eigenvalue weighted by molar-refractivity contribution is 7.18. The average molecular weight is 284 g/mol. The van der Waals surface area contributed by atoms with Crippen LogP contribution in [-0.2, 0) is 6.42 Å². The number of fused-ring (bicyclic) bond motifs is 1. The summed E-state index contributed by atoms with van der Waals surface area (Å²) < 4.78 is 0. The van der Waals surface area contributed by atoms with E-state index in [1.54, 1.807) is 17.5 Å². The van der Waals surface area contributed by atoms with E-state index in [0.29, 0.717) is 5.82 Å². The highest BCUT2D eigenvalue weighted by atomic mass is 32.1. The molecule has 3 heterocycles. The molecule has 0 bridgehead atoms. The van der Waals surface area contributed by atoms with Crippen molar-refractivity contribution in [3.05, 3.63) is 34.8 Å². The summed E-state index contributed by atoms with van der Waals surface area (Å²) in [6.07, 6.45) is 2.79. The van der Waals surface area contributed by atoms with E-state index in [-0.39, 0.29) is 0 Å². The maximum absolute atomic E-state index is 4.69. The van der Waals surface area contributed by atoms with Crippen LogP contribution in [0.15, 0.2) is 24.4 Å². The van der Waals surface area contributed by atoms with Gasteiger partial charge in [-0.1, -0.05) is 13.0 Å². The second-order valence-corrected chi connectivity index (χ2v) is 5.72. The summed E-state index contributed by atoms with van der Waals surface area (Å²) in [5.41, 5.74) is 1.93. The van der Waals surface area contributed by atoms with Crippen LogP contribution >= 0.6 is 11.3 Å². The molecule has 0 aliphatic carbocycles. The van der Waals surface area contributed by atoms with Gasteiger partial charge in [0, 0.05) is 18.1 Å². The summed E-state index contributed by atoms with van der Waals surface area (Å²) in [6, 6.07) is 6.12. The van der Waals surface area contributed by atoms with Crippen LogP contribution in [0.5, 0.6) is 0 Å². The van der Waals surface area contributed by atoms with Gasteiger partial charge in [-0.3, -0.25) is 4.98 Å². The minimum atomic E-state index is 0.685. The largest absolute Gasteiger partial charge is 0.372 e. The molecule has 0 radical (unpaired) electrons. The Morgan fingerprint density at radius 3 is 2.85 bits per heavy atom. The molecule has 3 aromatic rings. The summed E-state index contributed by atoms with van der Waals surface area (Å²) in [5.74, 6) is 1.55. The Morgan fingerprint density at radius 2 is 2.15 bits per heavy atom. The van der Waals surface area contributed by atoms with Crippen molar-refractivity contribution in [1.29, 1.82) is 0 Å². The number of anilines is 1. The molecule has 0 spiro atoms. The molecule has 0 unspecified atom stereocenters. The Kier molecular flexibility index (Phi) is 3.36. The fourth-order valence-electron chi connectivity index (χ4n) is 2.16. The molecule has 0 aromatic carbocycles. The van der Waals surface area contributed by atoms with Crippen LogP contribution in [0.25, 0.3) is 21.7 Å². The zero-order valence-corrected chi connectivity index (χ0v) is 12.6. The second kappa shape index (κ2) is 5.17. The first-order valence-electron chi connectivity index (χ1n) is 6.63. The van der Waals surface area contributed by atoms with Crippen molar-refractivity contribution in [3.63, 3.8) is 0 Å². The van der Waals surface area contributed by atoms with Crippen molar-refractivity contribution in [2.45, 2.75) is 20.3 Å². The van der Waals surface area contributed by atoms with Crippen LogP contribution in [0.2, 0.25) is 0 Å². The van der Waals surface area contributed by atoms with Crippen molar-refractivity contribution in [3.8, 4) is 11.5 Å². The summed E-state index contributed by atoms with van der Waals surface area (Å²) in [6.45, 7) is 4.18. The fourth-order valence-corrected chi connectivity index (χ4v) is 3.13. The Balaban J connectivity index is 2.25. The number of pyridine rings is 1. The van der Waals surface area contributed by atoms with E-state index in [9.17, 15) is 0 Å². The van der Waals surface area contributed by atoms with Gasteiger partial charge >= 0.3 is 0 Å². The smallest absolute Gasteiger partial charge is 0.181 e. The number of aryl methyl sites for hydroxylation is 2. The Bertz CT molecular complexity index is 764. The molecule has 0 atom stereocenters. The molecule has 5 heteroatoms. The third kappa shape index (κ3) is 2.14. The Labute approximate surface area is 121 Å². The summed E-state index contributed by atoms with van der Waals surface area (Å²) in [7, 11) is 1.89. The Hall–Kier alpha value is -2.01. The van der Waals surface area contributed by atoms with Crippen LogP contribution < -0.4 is 5.32 Å². The topological polar surface area (TPSA) is 50.7 Å². The molecule has 0 amide bonds. The van der Waals surface area contributed by atoms with E-state index in [0.717, 1.165) is 33.7 Å². The lowest BCUT2D eigenvalue weighted by Gasteiger charge is -2.06. The predicted octanol–water partition coefficient (Wildman–Crippen LogP) is 3.67. The first kappa shape index (κ1) is 13.0. The molecule has 3 rings (SSSR count). The molecule has 102 valence electrons. The van der Waals surface area contributed by atoms with Crippen LogP contribution in [0.1, 0.15) is 17.4 Å². The highest BCUT2D eigenvalue weighted by Gasteiger charge is 2.13. The van der Waals surface area contributed by atoms with Crippen LogP contribution in [0.3, 0.4) is 0 Å². The lowest BCUT2D eigenvalue weighted by molar-refractivity contribution is 1.15. The van der Waals surface area contributed by atoms with Crippen molar-refractivity contribution in [1.82, 2.24) is 15.0 Å². The van der Waals surface area contributed by atoms with Crippen molar-refractivity contribution >= 4 is 27.4 Å². The molecule has 4 nitrogen and oxygen atoms in total. The van der Waals surface area contributed by atoms with E-state index in [2.05, 4.69) is 33.3 Å². The molecule has 20 heavy (non-hydrogen) atoms. The predicted molar refractivity (Wildman–Crippen MR) is 84.3 cm³/mol. The van der Waals surface area contributed by atoms with Crippen LogP contribution in [0, 0.1) is 6.92 Å². The maximum atomic E-state index is 4.69. The second-order valence-electron chi connectivity index (χ2n) is 4.60. The number of thiophene rings is 1. The lowest BCUT2D eigenvalue weighted by Crippen LogP contribution is -1.99. The minimum Gasteiger partial charge on any atom is -0.372 e. The molecular weight excluding hydrogens is 268 g/mol. The van der Waals surface area contributed by atoms with Gasteiger partial charge in [0.05, 0.1) is 5.39 Å². The van der Waals surface area contributed by atoms with Gasteiger partial charge in [0.15, 0.2) is 5.82 Å². The summed E-state index contributed by atoms with van der Waals surface area (Å²) in [5, 5.41) is 4.25. The normalized spacial score (nSPS) is 10.9. The standard InChI is InChI=1S/C15H16N4S/c1-4-10-8-11-13(16-3)18-14(19-15(11)20-10)12-9(2)6-5-7-17-12/h5-8H,4H2,1-3H3,(H,16,18,19). The molecule has 0 saturated heterocycles. The van der Waals surface area contributed by atoms with Crippen molar-refractivity contribution < 1.29 is 0 Å². The number of nitrogens with zero attached hydrogens (tertiary/aromatic N) is 3. The van der Waals surface area contributed by atoms with Gasteiger partial charge in [0.2, 0.25) is 0 Å². The maximum Gasteiger partial charge on any atom is 0.181 e. The van der Waals surface area contributed by atoms with Crippen molar-refractivity contribution in [2.24, 2.45) is 0 Å². The molecule has 0 aliphatic rings. The van der Waals surface area contributed by atoms with Gasteiger partial charge in [0.25, 0.3) is 0 Å². The Morgan fingerprint density at radius 1 is 1.30 bits per heavy atom.